The molecule has 0 atom stereocenters. The van der Waals surface area contributed by atoms with Crippen LogP contribution in [0.3, 0.4) is 0 Å². The lowest BCUT2D eigenvalue weighted by Gasteiger charge is -1.98. The Balaban J connectivity index is 2.91. The van der Waals surface area contributed by atoms with Gasteiger partial charge in [-0.15, -0.1) is 11.3 Å². The molecule has 0 amide bonds. The summed E-state index contributed by atoms with van der Waals surface area (Å²) in [6.07, 6.45) is 3.18. The molecule has 0 unspecified atom stereocenters. The quantitative estimate of drug-likeness (QED) is 0.841. The summed E-state index contributed by atoms with van der Waals surface area (Å²) in [5.41, 5.74) is 1.04. The Morgan fingerprint density at radius 2 is 2.12 bits per heavy atom. The van der Waals surface area contributed by atoms with E-state index in [9.17, 15) is 8.42 Å². The minimum absolute atomic E-state index is 0.0537. The highest BCUT2D eigenvalue weighted by Crippen LogP contribution is 2.21. The van der Waals surface area contributed by atoms with Crippen LogP contribution in [0.5, 0.6) is 0 Å². The van der Waals surface area contributed by atoms with Gasteiger partial charge < -0.3 is 5.32 Å². The molecule has 0 saturated heterocycles. The number of sulfone groups is 1. The van der Waals surface area contributed by atoms with Crippen LogP contribution in [-0.4, -0.2) is 26.7 Å². The first kappa shape index (κ1) is 13.6. The van der Waals surface area contributed by atoms with Crippen LogP contribution in [0.4, 0.5) is 0 Å². The van der Waals surface area contributed by atoms with Gasteiger partial charge in [-0.3, -0.25) is 0 Å². The summed E-state index contributed by atoms with van der Waals surface area (Å²) in [7, 11) is -1.10. The van der Waals surface area contributed by atoms with Crippen molar-refractivity contribution in [2.24, 2.45) is 0 Å². The number of nitrogens with one attached hydrogen (secondary N) is 1. The van der Waals surface area contributed by atoms with Crippen LogP contribution in [0.1, 0.15) is 28.9 Å². The summed E-state index contributed by atoms with van der Waals surface area (Å²) in [6.45, 7) is 2.86. The first-order chi connectivity index (χ1) is 7.46. The third kappa shape index (κ3) is 4.19. The van der Waals surface area contributed by atoms with Crippen molar-refractivity contribution in [3.8, 4) is 0 Å². The van der Waals surface area contributed by atoms with E-state index in [1.54, 1.807) is 0 Å². The van der Waals surface area contributed by atoms with Crippen LogP contribution < -0.4 is 5.32 Å². The monoisotopic (exact) mass is 262 g/mol. The topological polar surface area (TPSA) is 59.1 Å². The molecule has 16 heavy (non-hydrogen) atoms. The Hall–Kier alpha value is -0.460. The maximum atomic E-state index is 11.2. The smallest absolute Gasteiger partial charge is 0.153 e. The normalized spacial score (nSPS) is 11.9. The molecule has 0 saturated carbocycles. The second-order valence-electron chi connectivity index (χ2n) is 3.83. The van der Waals surface area contributed by atoms with Crippen LogP contribution in [0.25, 0.3) is 0 Å². The van der Waals surface area contributed by atoms with Crippen LogP contribution >= 0.6 is 11.3 Å². The number of hydrogen-bond donors (Lipinski definition) is 1. The number of thiazole rings is 1. The summed E-state index contributed by atoms with van der Waals surface area (Å²) in [4.78, 5) is 5.56. The molecule has 0 aliphatic rings. The molecule has 0 spiro atoms. The van der Waals surface area contributed by atoms with Gasteiger partial charge in [0.2, 0.25) is 0 Å². The predicted octanol–water partition coefficient (Wildman–Crippen LogP) is 1.36. The summed E-state index contributed by atoms with van der Waals surface area (Å²) in [5.74, 6) is 0.0537. The molecule has 4 nitrogen and oxygen atoms in total. The molecular formula is C10H18N2O2S2. The highest BCUT2D eigenvalue weighted by atomic mass is 32.2. The van der Waals surface area contributed by atoms with E-state index in [1.165, 1.54) is 17.6 Å². The van der Waals surface area contributed by atoms with Crippen molar-refractivity contribution in [1.82, 2.24) is 10.3 Å². The van der Waals surface area contributed by atoms with Crippen molar-refractivity contribution < 1.29 is 8.42 Å². The van der Waals surface area contributed by atoms with Crippen molar-refractivity contribution >= 4 is 21.2 Å². The molecule has 1 aromatic heterocycles. The van der Waals surface area contributed by atoms with E-state index < -0.39 is 9.84 Å². The molecule has 6 heteroatoms. The SMILES string of the molecule is CCCc1nc(CS(C)(=O)=O)sc1CNC. The third-order valence-electron chi connectivity index (χ3n) is 2.03. The fourth-order valence-electron chi connectivity index (χ4n) is 1.45. The van der Waals surface area contributed by atoms with Gasteiger partial charge in [-0.25, -0.2) is 13.4 Å². The van der Waals surface area contributed by atoms with Crippen molar-refractivity contribution in [3.63, 3.8) is 0 Å². The number of aryl methyl sites for hydroxylation is 1. The van der Waals surface area contributed by atoms with Gasteiger partial charge in [0.05, 0.1) is 5.69 Å². The summed E-state index contributed by atoms with van der Waals surface area (Å²) in [5, 5.41) is 3.78. The number of nitrogens with zero attached hydrogens (tertiary/aromatic N) is 1. The van der Waals surface area contributed by atoms with E-state index in [-0.39, 0.29) is 5.75 Å². The maximum absolute atomic E-state index is 11.2. The summed E-state index contributed by atoms with van der Waals surface area (Å²) in [6, 6.07) is 0. The van der Waals surface area contributed by atoms with Gasteiger partial charge in [-0.2, -0.15) is 0 Å². The fraction of sp³-hybridized carbons (Fsp3) is 0.700. The van der Waals surface area contributed by atoms with Crippen LogP contribution in [0.15, 0.2) is 0 Å². The van der Waals surface area contributed by atoms with Crippen molar-refractivity contribution in [2.45, 2.75) is 32.1 Å². The molecule has 92 valence electrons. The lowest BCUT2D eigenvalue weighted by atomic mass is 10.2. The molecule has 1 heterocycles. The highest BCUT2D eigenvalue weighted by Gasteiger charge is 2.13. The number of aromatic nitrogens is 1. The molecule has 1 N–H and O–H groups in total. The Kier molecular flexibility index (Phi) is 4.89. The molecule has 0 aromatic carbocycles. The maximum Gasteiger partial charge on any atom is 0.153 e. The largest absolute Gasteiger partial charge is 0.315 e. The zero-order valence-electron chi connectivity index (χ0n) is 9.91. The average Bonchev–Trinajstić information content (AvgIpc) is 2.46. The molecule has 0 aliphatic carbocycles. The zero-order valence-corrected chi connectivity index (χ0v) is 11.5. The van der Waals surface area contributed by atoms with Gasteiger partial charge >= 0.3 is 0 Å². The zero-order chi connectivity index (χ0) is 12.2. The van der Waals surface area contributed by atoms with Gasteiger partial charge in [0.1, 0.15) is 10.8 Å². The molecule has 0 aliphatic heterocycles. The first-order valence-corrected chi connectivity index (χ1v) is 8.13. The second kappa shape index (κ2) is 5.75. The molecule has 0 fully saturated rings. The van der Waals surface area contributed by atoms with E-state index in [1.807, 2.05) is 7.05 Å². The summed E-state index contributed by atoms with van der Waals surface area (Å²) >= 11 is 1.50. The number of hydrogen-bond acceptors (Lipinski definition) is 5. The van der Waals surface area contributed by atoms with E-state index in [4.69, 9.17) is 0 Å². The van der Waals surface area contributed by atoms with E-state index in [0.717, 1.165) is 30.0 Å². The predicted molar refractivity (Wildman–Crippen MR) is 67.4 cm³/mol. The molecule has 1 aromatic rings. The van der Waals surface area contributed by atoms with Gasteiger partial charge in [0, 0.05) is 17.7 Å². The molecule has 0 bridgehead atoms. The second-order valence-corrected chi connectivity index (χ2v) is 7.14. The Morgan fingerprint density at radius 1 is 1.44 bits per heavy atom. The summed E-state index contributed by atoms with van der Waals surface area (Å²) < 4.78 is 22.4. The molecular weight excluding hydrogens is 244 g/mol. The fourth-order valence-corrected chi connectivity index (χ4v) is 3.77. The molecule has 1 rings (SSSR count). The lowest BCUT2D eigenvalue weighted by Crippen LogP contribution is -2.05. The van der Waals surface area contributed by atoms with Crippen molar-refractivity contribution in [2.75, 3.05) is 13.3 Å². The van der Waals surface area contributed by atoms with Crippen LogP contribution in [0, 0.1) is 0 Å². The third-order valence-corrected chi connectivity index (χ3v) is 4.11. The van der Waals surface area contributed by atoms with Crippen molar-refractivity contribution in [3.05, 3.63) is 15.6 Å². The van der Waals surface area contributed by atoms with E-state index >= 15 is 0 Å². The average molecular weight is 262 g/mol. The number of rotatable bonds is 6. The lowest BCUT2D eigenvalue weighted by molar-refractivity contribution is 0.601. The van der Waals surface area contributed by atoms with Gasteiger partial charge in [-0.1, -0.05) is 13.3 Å². The van der Waals surface area contributed by atoms with Gasteiger partial charge in [0.15, 0.2) is 9.84 Å². The van der Waals surface area contributed by atoms with Crippen LogP contribution in [-0.2, 0) is 28.6 Å². The van der Waals surface area contributed by atoms with Crippen LogP contribution in [0.2, 0.25) is 0 Å². The highest BCUT2D eigenvalue weighted by molar-refractivity contribution is 7.90. The van der Waals surface area contributed by atoms with Gasteiger partial charge in [0.25, 0.3) is 0 Å². The minimum Gasteiger partial charge on any atom is -0.315 e. The Labute approximate surface area is 101 Å². The van der Waals surface area contributed by atoms with E-state index in [2.05, 4.69) is 17.2 Å². The standard InChI is InChI=1S/C10H18N2O2S2/c1-4-5-8-9(6-11-2)15-10(12-8)7-16(3,13)14/h11H,4-7H2,1-3H3. The van der Waals surface area contributed by atoms with Gasteiger partial charge in [-0.05, 0) is 13.5 Å². The van der Waals surface area contributed by atoms with E-state index in [0.29, 0.717) is 5.01 Å². The Morgan fingerprint density at radius 3 is 2.62 bits per heavy atom. The molecule has 0 radical (unpaired) electrons. The minimum atomic E-state index is -2.98. The van der Waals surface area contributed by atoms with Crippen molar-refractivity contribution in [1.29, 1.82) is 0 Å². The first-order valence-electron chi connectivity index (χ1n) is 5.26. The Bertz CT molecular complexity index is 414.